The van der Waals surface area contributed by atoms with Gasteiger partial charge in [-0.05, 0) is 37.5 Å². The van der Waals surface area contributed by atoms with Gasteiger partial charge in [-0.25, -0.2) is 0 Å². The summed E-state index contributed by atoms with van der Waals surface area (Å²) in [6, 6.07) is 6.13. The third-order valence-corrected chi connectivity index (χ3v) is 4.78. The second kappa shape index (κ2) is 7.54. The van der Waals surface area contributed by atoms with Crippen LogP contribution in [0.2, 0.25) is 0 Å². The van der Waals surface area contributed by atoms with Crippen molar-refractivity contribution in [2.24, 2.45) is 5.92 Å². The van der Waals surface area contributed by atoms with Crippen LogP contribution in [0.15, 0.2) is 22.7 Å². The van der Waals surface area contributed by atoms with Gasteiger partial charge in [-0.2, -0.15) is 0 Å². The standard InChI is InChI=1S/C16H22BrClO/c1-2-19-16-9-8-13(17)11-14(16)15(18)10-12-6-4-3-5-7-12/h8-9,11-12,15H,2-7,10H2,1H3. The van der Waals surface area contributed by atoms with E-state index in [1.165, 1.54) is 32.1 Å². The summed E-state index contributed by atoms with van der Waals surface area (Å²) in [4.78, 5) is 0. The van der Waals surface area contributed by atoms with Gasteiger partial charge in [0.1, 0.15) is 5.75 Å². The van der Waals surface area contributed by atoms with Gasteiger partial charge in [0, 0.05) is 10.0 Å². The predicted octanol–water partition coefficient (Wildman–Crippen LogP) is 6.10. The Morgan fingerprint density at radius 1 is 1.32 bits per heavy atom. The normalized spacial score (nSPS) is 18.3. The van der Waals surface area contributed by atoms with Gasteiger partial charge in [-0.3, -0.25) is 0 Å². The maximum absolute atomic E-state index is 6.65. The molecule has 1 aromatic carbocycles. The molecule has 0 heterocycles. The van der Waals surface area contributed by atoms with Gasteiger partial charge >= 0.3 is 0 Å². The highest BCUT2D eigenvalue weighted by Crippen LogP contribution is 2.39. The fourth-order valence-corrected chi connectivity index (χ4v) is 3.69. The van der Waals surface area contributed by atoms with Crippen molar-refractivity contribution in [1.82, 2.24) is 0 Å². The molecular weight excluding hydrogens is 324 g/mol. The molecule has 3 heteroatoms. The zero-order chi connectivity index (χ0) is 13.7. The molecule has 0 radical (unpaired) electrons. The molecule has 1 unspecified atom stereocenters. The van der Waals surface area contributed by atoms with E-state index in [4.69, 9.17) is 16.3 Å². The topological polar surface area (TPSA) is 9.23 Å². The molecule has 0 aromatic heterocycles. The Labute approximate surface area is 129 Å². The Kier molecular flexibility index (Phi) is 6.03. The molecule has 1 nitrogen and oxygen atoms in total. The lowest BCUT2D eigenvalue weighted by Gasteiger charge is -2.24. The minimum Gasteiger partial charge on any atom is -0.494 e. The first-order valence-corrected chi connectivity index (χ1v) is 8.50. The Hall–Kier alpha value is -0.210. The van der Waals surface area contributed by atoms with Gasteiger partial charge in [0.05, 0.1) is 12.0 Å². The molecule has 0 bridgehead atoms. The molecule has 1 saturated carbocycles. The summed E-state index contributed by atoms with van der Waals surface area (Å²) in [6.07, 6.45) is 7.86. The molecule has 1 aliphatic carbocycles. The van der Waals surface area contributed by atoms with Crippen LogP contribution in [-0.4, -0.2) is 6.61 Å². The summed E-state index contributed by atoms with van der Waals surface area (Å²) in [5.74, 6) is 1.71. The Morgan fingerprint density at radius 3 is 2.74 bits per heavy atom. The molecule has 1 aromatic rings. The largest absolute Gasteiger partial charge is 0.494 e. The SMILES string of the molecule is CCOc1ccc(Br)cc1C(Cl)CC1CCCCC1. The van der Waals surface area contributed by atoms with Crippen LogP contribution >= 0.6 is 27.5 Å². The van der Waals surface area contributed by atoms with Gasteiger partial charge in [-0.15, -0.1) is 11.6 Å². The summed E-state index contributed by atoms with van der Waals surface area (Å²) >= 11 is 10.2. The zero-order valence-corrected chi connectivity index (χ0v) is 13.8. The van der Waals surface area contributed by atoms with Crippen LogP contribution in [0.5, 0.6) is 5.75 Å². The van der Waals surface area contributed by atoms with E-state index in [9.17, 15) is 0 Å². The molecule has 1 aliphatic rings. The lowest BCUT2D eigenvalue weighted by Crippen LogP contribution is -2.09. The third kappa shape index (κ3) is 4.39. The molecule has 1 atom stereocenters. The van der Waals surface area contributed by atoms with E-state index in [0.29, 0.717) is 6.61 Å². The minimum absolute atomic E-state index is 0.0575. The molecule has 19 heavy (non-hydrogen) atoms. The number of hydrogen-bond acceptors (Lipinski definition) is 1. The van der Waals surface area contributed by atoms with Gasteiger partial charge in [0.2, 0.25) is 0 Å². The van der Waals surface area contributed by atoms with Crippen LogP contribution in [0.25, 0.3) is 0 Å². The molecule has 1 fully saturated rings. The van der Waals surface area contributed by atoms with Gasteiger partial charge in [-0.1, -0.05) is 48.0 Å². The van der Waals surface area contributed by atoms with Gasteiger partial charge in [0.15, 0.2) is 0 Å². The summed E-state index contributed by atoms with van der Waals surface area (Å²) in [6.45, 7) is 2.69. The fourth-order valence-electron chi connectivity index (χ4n) is 2.89. The first-order valence-electron chi connectivity index (χ1n) is 7.27. The summed E-state index contributed by atoms with van der Waals surface area (Å²) in [5.41, 5.74) is 1.13. The van der Waals surface area contributed by atoms with E-state index in [1.54, 1.807) is 0 Å². The Bertz CT molecular complexity index is 402. The number of benzene rings is 1. The van der Waals surface area contributed by atoms with Gasteiger partial charge < -0.3 is 4.74 Å². The minimum atomic E-state index is 0.0575. The smallest absolute Gasteiger partial charge is 0.124 e. The summed E-state index contributed by atoms with van der Waals surface area (Å²) in [5, 5.41) is 0.0575. The van der Waals surface area contributed by atoms with Crippen molar-refractivity contribution in [3.05, 3.63) is 28.2 Å². The number of alkyl halides is 1. The van der Waals surface area contributed by atoms with Crippen molar-refractivity contribution in [2.75, 3.05) is 6.61 Å². The molecule has 0 N–H and O–H groups in total. The molecule has 0 saturated heterocycles. The third-order valence-electron chi connectivity index (χ3n) is 3.87. The molecule has 2 rings (SSSR count). The van der Waals surface area contributed by atoms with Crippen molar-refractivity contribution < 1.29 is 4.74 Å². The van der Waals surface area contributed by atoms with Crippen LogP contribution in [-0.2, 0) is 0 Å². The lowest BCUT2D eigenvalue weighted by atomic mass is 9.85. The maximum atomic E-state index is 6.65. The molecular formula is C16H22BrClO. The fraction of sp³-hybridized carbons (Fsp3) is 0.625. The van der Waals surface area contributed by atoms with Crippen LogP contribution in [0, 0.1) is 5.92 Å². The Balaban J connectivity index is 2.07. The average Bonchev–Trinajstić information content (AvgIpc) is 2.42. The molecule has 0 spiro atoms. The highest BCUT2D eigenvalue weighted by Gasteiger charge is 2.21. The maximum Gasteiger partial charge on any atom is 0.124 e. The average molecular weight is 346 g/mol. The van der Waals surface area contributed by atoms with Gasteiger partial charge in [0.25, 0.3) is 0 Å². The Morgan fingerprint density at radius 2 is 2.05 bits per heavy atom. The van der Waals surface area contributed by atoms with Crippen LogP contribution in [0.1, 0.15) is 56.4 Å². The molecule has 0 aliphatic heterocycles. The first-order chi connectivity index (χ1) is 9.20. The van der Waals surface area contributed by atoms with Crippen LogP contribution < -0.4 is 4.74 Å². The van der Waals surface area contributed by atoms with E-state index >= 15 is 0 Å². The number of rotatable bonds is 5. The number of hydrogen-bond donors (Lipinski definition) is 0. The van der Waals surface area contributed by atoms with E-state index in [2.05, 4.69) is 22.0 Å². The molecule has 0 amide bonds. The monoisotopic (exact) mass is 344 g/mol. The first kappa shape index (κ1) is 15.2. The van der Waals surface area contributed by atoms with Crippen molar-refractivity contribution in [2.45, 2.75) is 50.8 Å². The highest BCUT2D eigenvalue weighted by atomic mass is 79.9. The number of ether oxygens (including phenoxy) is 1. The van der Waals surface area contributed by atoms with Crippen molar-refractivity contribution in [3.8, 4) is 5.75 Å². The van der Waals surface area contributed by atoms with E-state index in [-0.39, 0.29) is 5.38 Å². The summed E-state index contributed by atoms with van der Waals surface area (Å²) in [7, 11) is 0. The zero-order valence-electron chi connectivity index (χ0n) is 11.5. The quantitative estimate of drug-likeness (QED) is 0.586. The van der Waals surface area contributed by atoms with Crippen LogP contribution in [0.4, 0.5) is 0 Å². The molecule has 106 valence electrons. The van der Waals surface area contributed by atoms with Crippen molar-refractivity contribution in [3.63, 3.8) is 0 Å². The predicted molar refractivity (Wildman–Crippen MR) is 85.1 cm³/mol. The van der Waals surface area contributed by atoms with Crippen molar-refractivity contribution >= 4 is 27.5 Å². The second-order valence-electron chi connectivity index (χ2n) is 5.32. The summed E-state index contributed by atoms with van der Waals surface area (Å²) < 4.78 is 6.77. The van der Waals surface area contributed by atoms with Crippen molar-refractivity contribution in [1.29, 1.82) is 0 Å². The van der Waals surface area contributed by atoms with E-state index < -0.39 is 0 Å². The van der Waals surface area contributed by atoms with E-state index in [1.807, 2.05) is 19.1 Å². The second-order valence-corrected chi connectivity index (χ2v) is 6.76. The number of halogens is 2. The van der Waals surface area contributed by atoms with Crippen LogP contribution in [0.3, 0.4) is 0 Å². The highest BCUT2D eigenvalue weighted by molar-refractivity contribution is 9.10. The lowest BCUT2D eigenvalue weighted by molar-refractivity contribution is 0.322. The van der Waals surface area contributed by atoms with E-state index in [0.717, 1.165) is 28.1 Å².